The van der Waals surface area contributed by atoms with E-state index in [1.165, 1.54) is 12.1 Å². The van der Waals surface area contributed by atoms with E-state index in [9.17, 15) is 19.5 Å². The molecule has 2 amide bonds. The highest BCUT2D eigenvalue weighted by atomic mass is 16.4. The third-order valence-electron chi connectivity index (χ3n) is 3.32. The van der Waals surface area contributed by atoms with Gasteiger partial charge in [0.05, 0.1) is 23.1 Å². The second-order valence-electron chi connectivity index (χ2n) is 4.47. The number of amides is 2. The summed E-state index contributed by atoms with van der Waals surface area (Å²) in [6.45, 7) is 0. The van der Waals surface area contributed by atoms with Crippen LogP contribution in [-0.4, -0.2) is 28.0 Å². The van der Waals surface area contributed by atoms with Gasteiger partial charge in [0, 0.05) is 0 Å². The average molecular weight is 247 g/mol. The number of piperidine rings is 1. The standard InChI is InChI=1S/C12H9NO5/c14-5-1-2-9(8(3-5)12(17)18)13-10(15)6-4-7(6)11(13)16/h1-3,6-7,14H,4H2,(H,17,18). The van der Waals surface area contributed by atoms with E-state index in [1.54, 1.807) is 0 Å². The Kier molecular flexibility index (Phi) is 1.98. The molecule has 1 heterocycles. The zero-order valence-corrected chi connectivity index (χ0v) is 9.16. The molecule has 92 valence electrons. The molecule has 0 aromatic heterocycles. The number of carbonyl (C=O) groups is 3. The van der Waals surface area contributed by atoms with E-state index >= 15 is 0 Å². The van der Waals surface area contributed by atoms with E-state index in [0.717, 1.165) is 11.0 Å². The molecule has 1 aliphatic carbocycles. The van der Waals surface area contributed by atoms with E-state index < -0.39 is 5.97 Å². The number of carboxylic acids is 1. The number of imide groups is 1. The molecule has 0 radical (unpaired) electrons. The van der Waals surface area contributed by atoms with Crippen LogP contribution >= 0.6 is 0 Å². The number of phenols is 1. The van der Waals surface area contributed by atoms with Crippen LogP contribution in [0, 0.1) is 11.8 Å². The van der Waals surface area contributed by atoms with Gasteiger partial charge in [0.25, 0.3) is 0 Å². The number of carboxylic acid groups (broad SMARTS) is 1. The van der Waals surface area contributed by atoms with Crippen molar-refractivity contribution in [3.63, 3.8) is 0 Å². The van der Waals surface area contributed by atoms with Crippen molar-refractivity contribution in [1.29, 1.82) is 0 Å². The van der Waals surface area contributed by atoms with E-state index in [-0.39, 0.29) is 40.7 Å². The summed E-state index contributed by atoms with van der Waals surface area (Å²) in [7, 11) is 0. The lowest BCUT2D eigenvalue weighted by Crippen LogP contribution is -2.34. The Hall–Kier alpha value is -2.37. The minimum absolute atomic E-state index is 0.0301. The van der Waals surface area contributed by atoms with Crippen LogP contribution in [0.15, 0.2) is 18.2 Å². The van der Waals surface area contributed by atoms with Gasteiger partial charge in [-0.2, -0.15) is 0 Å². The summed E-state index contributed by atoms with van der Waals surface area (Å²) in [4.78, 5) is 35.7. The van der Waals surface area contributed by atoms with Crippen LogP contribution in [0.4, 0.5) is 5.69 Å². The number of aromatic hydroxyl groups is 1. The first kappa shape index (κ1) is 10.8. The Morgan fingerprint density at radius 2 is 1.83 bits per heavy atom. The quantitative estimate of drug-likeness (QED) is 0.746. The number of rotatable bonds is 2. The van der Waals surface area contributed by atoms with Crippen molar-refractivity contribution in [2.75, 3.05) is 4.90 Å². The average Bonchev–Trinajstić information content (AvgIpc) is 3.06. The molecule has 0 bridgehead atoms. The number of anilines is 1. The lowest BCUT2D eigenvalue weighted by molar-refractivity contribution is -0.123. The summed E-state index contributed by atoms with van der Waals surface area (Å²) in [5.74, 6) is -2.78. The van der Waals surface area contributed by atoms with E-state index in [0.29, 0.717) is 6.42 Å². The zero-order valence-electron chi connectivity index (χ0n) is 9.16. The third kappa shape index (κ3) is 1.32. The minimum Gasteiger partial charge on any atom is -0.508 e. The first-order valence-corrected chi connectivity index (χ1v) is 5.45. The Bertz CT molecular complexity index is 574. The molecular formula is C12H9NO5. The molecule has 2 fully saturated rings. The molecule has 2 unspecified atom stereocenters. The molecule has 3 rings (SSSR count). The largest absolute Gasteiger partial charge is 0.508 e. The van der Waals surface area contributed by atoms with Crippen LogP contribution in [0.1, 0.15) is 16.8 Å². The maximum absolute atomic E-state index is 11.9. The van der Waals surface area contributed by atoms with Crippen molar-refractivity contribution in [3.8, 4) is 5.75 Å². The first-order chi connectivity index (χ1) is 8.50. The van der Waals surface area contributed by atoms with E-state index in [1.807, 2.05) is 0 Å². The molecule has 2 aliphatic rings. The van der Waals surface area contributed by atoms with Crippen LogP contribution in [-0.2, 0) is 9.59 Å². The van der Waals surface area contributed by atoms with Gasteiger partial charge in [-0.1, -0.05) is 0 Å². The smallest absolute Gasteiger partial charge is 0.337 e. The SMILES string of the molecule is O=C(O)c1cc(O)ccc1N1C(=O)C2CC2C1=O. The molecule has 18 heavy (non-hydrogen) atoms. The van der Waals surface area contributed by atoms with Crippen LogP contribution in [0.2, 0.25) is 0 Å². The number of fused-ring (bicyclic) bond motifs is 1. The molecule has 1 aromatic rings. The summed E-state index contributed by atoms with van der Waals surface area (Å²) in [6, 6.07) is 3.56. The third-order valence-corrected chi connectivity index (χ3v) is 3.32. The van der Waals surface area contributed by atoms with Crippen molar-refractivity contribution < 1.29 is 24.6 Å². The number of hydrogen-bond acceptors (Lipinski definition) is 4. The lowest BCUT2D eigenvalue weighted by Gasteiger charge is -2.18. The summed E-state index contributed by atoms with van der Waals surface area (Å²) >= 11 is 0. The van der Waals surface area contributed by atoms with Gasteiger partial charge in [-0.25, -0.2) is 9.69 Å². The van der Waals surface area contributed by atoms with E-state index in [2.05, 4.69) is 0 Å². The predicted octanol–water partition coefficient (Wildman–Crippen LogP) is 0.600. The van der Waals surface area contributed by atoms with Gasteiger partial charge in [-0.05, 0) is 24.6 Å². The molecule has 1 saturated carbocycles. The molecule has 6 nitrogen and oxygen atoms in total. The number of nitrogens with zero attached hydrogens (tertiary/aromatic N) is 1. The molecule has 6 heteroatoms. The normalized spacial score (nSPS) is 25.2. The fourth-order valence-electron chi connectivity index (χ4n) is 2.31. The van der Waals surface area contributed by atoms with Crippen molar-refractivity contribution in [2.24, 2.45) is 11.8 Å². The maximum atomic E-state index is 11.9. The Balaban J connectivity index is 2.10. The lowest BCUT2D eigenvalue weighted by atomic mass is 10.1. The van der Waals surface area contributed by atoms with Gasteiger partial charge in [0.15, 0.2) is 0 Å². The number of hydrogen-bond donors (Lipinski definition) is 2. The van der Waals surface area contributed by atoms with Crippen molar-refractivity contribution >= 4 is 23.5 Å². The van der Waals surface area contributed by atoms with Crippen LogP contribution in [0.25, 0.3) is 0 Å². The predicted molar refractivity (Wildman–Crippen MR) is 59.2 cm³/mol. The molecular weight excluding hydrogens is 238 g/mol. The summed E-state index contributed by atoms with van der Waals surface area (Å²) in [6.07, 6.45) is 0.564. The second kappa shape index (κ2) is 3.32. The van der Waals surface area contributed by atoms with Crippen molar-refractivity contribution in [2.45, 2.75) is 6.42 Å². The number of phenolic OH excluding ortho intramolecular Hbond substituents is 1. The Labute approximate surface area is 101 Å². The summed E-state index contributed by atoms with van der Waals surface area (Å²) in [5.41, 5.74) is -0.222. The highest BCUT2D eigenvalue weighted by Crippen LogP contribution is 2.49. The minimum atomic E-state index is -1.29. The van der Waals surface area contributed by atoms with Crippen molar-refractivity contribution in [3.05, 3.63) is 23.8 Å². The van der Waals surface area contributed by atoms with Gasteiger partial charge >= 0.3 is 5.97 Å². The maximum Gasteiger partial charge on any atom is 0.337 e. The molecule has 1 aliphatic heterocycles. The van der Waals surface area contributed by atoms with Gasteiger partial charge in [-0.3, -0.25) is 9.59 Å². The topological polar surface area (TPSA) is 94.9 Å². The summed E-state index contributed by atoms with van der Waals surface area (Å²) in [5, 5.41) is 18.3. The molecule has 1 saturated heterocycles. The van der Waals surface area contributed by atoms with Crippen LogP contribution in [0.5, 0.6) is 5.75 Å². The summed E-state index contributed by atoms with van der Waals surface area (Å²) < 4.78 is 0. The molecule has 1 aromatic carbocycles. The number of aromatic carboxylic acids is 1. The van der Waals surface area contributed by atoms with Gasteiger partial charge in [-0.15, -0.1) is 0 Å². The van der Waals surface area contributed by atoms with Gasteiger partial charge in [0.2, 0.25) is 11.8 Å². The molecule has 2 N–H and O–H groups in total. The number of benzene rings is 1. The fraction of sp³-hybridized carbons (Fsp3) is 0.250. The second-order valence-corrected chi connectivity index (χ2v) is 4.47. The highest BCUT2D eigenvalue weighted by molar-refractivity contribution is 6.26. The number of carbonyl (C=O) groups excluding carboxylic acids is 2. The fourth-order valence-corrected chi connectivity index (χ4v) is 2.31. The molecule has 0 spiro atoms. The van der Waals surface area contributed by atoms with Gasteiger partial charge in [0.1, 0.15) is 5.75 Å². The Morgan fingerprint density at radius 1 is 1.22 bits per heavy atom. The van der Waals surface area contributed by atoms with Crippen LogP contribution < -0.4 is 4.90 Å². The molecule has 2 atom stereocenters. The van der Waals surface area contributed by atoms with Crippen LogP contribution in [0.3, 0.4) is 0 Å². The first-order valence-electron chi connectivity index (χ1n) is 5.45. The highest BCUT2D eigenvalue weighted by Gasteiger charge is 2.59. The van der Waals surface area contributed by atoms with E-state index in [4.69, 9.17) is 5.11 Å². The van der Waals surface area contributed by atoms with Crippen molar-refractivity contribution in [1.82, 2.24) is 0 Å². The monoisotopic (exact) mass is 247 g/mol. The Morgan fingerprint density at radius 3 is 2.39 bits per heavy atom. The zero-order chi connectivity index (χ0) is 13.0. The van der Waals surface area contributed by atoms with Gasteiger partial charge < -0.3 is 10.2 Å².